The van der Waals surface area contributed by atoms with Crippen molar-refractivity contribution in [2.45, 2.75) is 0 Å². The van der Waals surface area contributed by atoms with Gasteiger partial charge < -0.3 is 4.98 Å². The van der Waals surface area contributed by atoms with E-state index in [9.17, 15) is 0 Å². The highest BCUT2D eigenvalue weighted by Crippen LogP contribution is 2.39. The van der Waals surface area contributed by atoms with Crippen molar-refractivity contribution < 1.29 is 0 Å². The molecule has 1 nitrogen and oxygen atoms in total. The highest BCUT2D eigenvalue weighted by molar-refractivity contribution is 7.26. The molecule has 0 saturated heterocycles. The van der Waals surface area contributed by atoms with E-state index >= 15 is 0 Å². The Morgan fingerprint density at radius 3 is 2.45 bits per heavy atom. The van der Waals surface area contributed by atoms with Crippen molar-refractivity contribution in [3.63, 3.8) is 0 Å². The minimum absolute atomic E-state index is 1.21. The number of H-pyrrole nitrogens is 1. The number of hydrogen-bond acceptors (Lipinski definition) is 1. The van der Waals surface area contributed by atoms with E-state index in [4.69, 9.17) is 0 Å². The zero-order chi connectivity index (χ0) is 14.5. The summed E-state index contributed by atoms with van der Waals surface area (Å²) in [7, 11) is 0. The fourth-order valence-corrected chi connectivity index (χ4v) is 4.32. The van der Waals surface area contributed by atoms with E-state index < -0.39 is 0 Å². The van der Waals surface area contributed by atoms with E-state index in [0.29, 0.717) is 0 Å². The van der Waals surface area contributed by atoms with Crippen molar-refractivity contribution in [2.24, 2.45) is 0 Å². The average molecular weight is 299 g/mol. The third-order valence-corrected chi connectivity index (χ3v) is 5.41. The van der Waals surface area contributed by atoms with Crippen LogP contribution in [-0.2, 0) is 0 Å². The van der Waals surface area contributed by atoms with E-state index in [1.165, 1.54) is 42.2 Å². The van der Waals surface area contributed by atoms with E-state index in [1.54, 1.807) is 0 Å². The number of hydrogen-bond donors (Lipinski definition) is 1. The second kappa shape index (κ2) is 4.46. The van der Waals surface area contributed by atoms with Gasteiger partial charge in [0.1, 0.15) is 0 Å². The Kier molecular flexibility index (Phi) is 2.43. The van der Waals surface area contributed by atoms with Crippen molar-refractivity contribution >= 4 is 42.4 Å². The number of benzene rings is 3. The quantitative estimate of drug-likeness (QED) is 0.379. The van der Waals surface area contributed by atoms with Crippen molar-refractivity contribution in [3.8, 4) is 11.1 Å². The van der Waals surface area contributed by atoms with Gasteiger partial charge in [0.05, 0.1) is 0 Å². The Balaban J connectivity index is 1.91. The lowest BCUT2D eigenvalue weighted by atomic mass is 10.0. The molecule has 0 unspecified atom stereocenters. The molecule has 1 N–H and O–H groups in total. The lowest BCUT2D eigenvalue weighted by molar-refractivity contribution is 1.48. The molecule has 0 atom stereocenters. The molecule has 22 heavy (non-hydrogen) atoms. The van der Waals surface area contributed by atoms with Gasteiger partial charge in [0, 0.05) is 37.3 Å². The van der Waals surface area contributed by atoms with Crippen LogP contribution in [0.2, 0.25) is 0 Å². The molecule has 0 spiro atoms. The third kappa shape index (κ3) is 1.65. The molecular weight excluding hydrogens is 286 g/mol. The Hall–Kier alpha value is -2.58. The minimum atomic E-state index is 1.21. The van der Waals surface area contributed by atoms with Crippen LogP contribution < -0.4 is 0 Å². The molecule has 0 saturated carbocycles. The van der Waals surface area contributed by atoms with Gasteiger partial charge in [-0.15, -0.1) is 11.3 Å². The summed E-state index contributed by atoms with van der Waals surface area (Å²) in [5.41, 5.74) is 3.75. The Morgan fingerprint density at radius 1 is 0.682 bits per heavy atom. The number of aromatic nitrogens is 1. The molecule has 0 fully saturated rings. The van der Waals surface area contributed by atoms with Crippen LogP contribution in [0.1, 0.15) is 0 Å². The normalized spacial score (nSPS) is 11.6. The van der Waals surface area contributed by atoms with Gasteiger partial charge in [-0.3, -0.25) is 0 Å². The molecule has 0 radical (unpaired) electrons. The summed E-state index contributed by atoms with van der Waals surface area (Å²) in [6.07, 6.45) is 2.02. The molecule has 2 heterocycles. The lowest BCUT2D eigenvalue weighted by Gasteiger charge is -2.02. The summed E-state index contributed by atoms with van der Waals surface area (Å²) < 4.78 is 2.70. The Labute approximate surface area is 131 Å². The number of nitrogens with one attached hydrogen (secondary N) is 1. The Morgan fingerprint density at radius 2 is 1.55 bits per heavy atom. The molecule has 2 heteroatoms. The summed E-state index contributed by atoms with van der Waals surface area (Å²) in [6.45, 7) is 0. The highest BCUT2D eigenvalue weighted by atomic mass is 32.1. The van der Waals surface area contributed by atoms with Gasteiger partial charge in [0.2, 0.25) is 0 Å². The molecule has 0 bridgehead atoms. The van der Waals surface area contributed by atoms with Crippen LogP contribution in [0.4, 0.5) is 0 Å². The molecule has 0 amide bonds. The molecule has 0 aliphatic heterocycles. The van der Waals surface area contributed by atoms with Gasteiger partial charge in [0.25, 0.3) is 0 Å². The minimum Gasteiger partial charge on any atom is -0.361 e. The van der Waals surface area contributed by atoms with E-state index in [2.05, 4.69) is 71.7 Å². The van der Waals surface area contributed by atoms with Crippen LogP contribution in [0, 0.1) is 0 Å². The second-order valence-corrected chi connectivity index (χ2v) is 6.64. The number of aromatic amines is 1. The van der Waals surface area contributed by atoms with Gasteiger partial charge in [-0.05, 0) is 41.5 Å². The summed E-state index contributed by atoms with van der Waals surface area (Å²) in [5.74, 6) is 0. The first-order chi connectivity index (χ1) is 10.9. The van der Waals surface area contributed by atoms with Crippen molar-refractivity contribution in [1.82, 2.24) is 4.98 Å². The van der Waals surface area contributed by atoms with Gasteiger partial charge in [-0.25, -0.2) is 0 Å². The molecule has 5 rings (SSSR count). The first-order valence-electron chi connectivity index (χ1n) is 7.38. The van der Waals surface area contributed by atoms with Gasteiger partial charge in [-0.2, -0.15) is 0 Å². The summed E-state index contributed by atoms with van der Waals surface area (Å²) in [6, 6.07) is 24.0. The van der Waals surface area contributed by atoms with Crippen LogP contribution in [0.15, 0.2) is 72.9 Å². The fraction of sp³-hybridized carbons (Fsp3) is 0. The van der Waals surface area contributed by atoms with Crippen molar-refractivity contribution in [1.29, 1.82) is 0 Å². The number of fused-ring (bicyclic) bond motifs is 5. The first-order valence-corrected chi connectivity index (χ1v) is 8.19. The van der Waals surface area contributed by atoms with Gasteiger partial charge in [-0.1, -0.05) is 36.4 Å². The molecule has 2 aromatic heterocycles. The maximum atomic E-state index is 3.32. The maximum absolute atomic E-state index is 3.32. The predicted molar refractivity (Wildman–Crippen MR) is 96.6 cm³/mol. The Bertz CT molecular complexity index is 1120. The predicted octanol–water partition coefficient (Wildman–Crippen LogP) is 6.20. The SMILES string of the molecule is c1ccc(-c2ccc3sc4ccc5[nH]ccc5c4c3c2)cc1. The standard InChI is InChI=1S/C20H13NS/c1-2-4-13(5-3-1)14-6-8-18-16(12-14)20-15-10-11-21-17(15)7-9-19(20)22-18/h1-12,21H. The summed E-state index contributed by atoms with van der Waals surface area (Å²) in [4.78, 5) is 3.32. The van der Waals surface area contributed by atoms with Crippen LogP contribution in [-0.4, -0.2) is 4.98 Å². The van der Waals surface area contributed by atoms with Crippen LogP contribution in [0.3, 0.4) is 0 Å². The van der Waals surface area contributed by atoms with E-state index in [0.717, 1.165) is 0 Å². The van der Waals surface area contributed by atoms with Crippen LogP contribution in [0.25, 0.3) is 42.2 Å². The number of thiophene rings is 1. The first kappa shape index (κ1) is 12.0. The second-order valence-electron chi connectivity index (χ2n) is 5.56. The fourth-order valence-electron chi connectivity index (χ4n) is 3.22. The van der Waals surface area contributed by atoms with Gasteiger partial charge >= 0.3 is 0 Å². The molecule has 5 aromatic rings. The molecular formula is C20H13NS. The molecule has 3 aromatic carbocycles. The lowest BCUT2D eigenvalue weighted by Crippen LogP contribution is -1.76. The highest BCUT2D eigenvalue weighted by Gasteiger charge is 2.10. The molecule has 104 valence electrons. The average Bonchev–Trinajstić information content (AvgIpc) is 3.18. The van der Waals surface area contributed by atoms with Crippen molar-refractivity contribution in [3.05, 3.63) is 72.9 Å². The maximum Gasteiger partial charge on any atom is 0.0461 e. The summed E-state index contributed by atoms with van der Waals surface area (Å²) >= 11 is 1.87. The monoisotopic (exact) mass is 299 g/mol. The topological polar surface area (TPSA) is 15.8 Å². The molecule has 0 aliphatic rings. The zero-order valence-electron chi connectivity index (χ0n) is 11.8. The smallest absolute Gasteiger partial charge is 0.0461 e. The van der Waals surface area contributed by atoms with E-state index in [-0.39, 0.29) is 0 Å². The van der Waals surface area contributed by atoms with Crippen LogP contribution >= 0.6 is 11.3 Å². The molecule has 0 aliphatic carbocycles. The third-order valence-electron chi connectivity index (χ3n) is 4.27. The summed E-state index contributed by atoms with van der Waals surface area (Å²) in [5, 5.41) is 4.04. The number of rotatable bonds is 1. The van der Waals surface area contributed by atoms with Crippen LogP contribution in [0.5, 0.6) is 0 Å². The van der Waals surface area contributed by atoms with Gasteiger partial charge in [0.15, 0.2) is 0 Å². The zero-order valence-corrected chi connectivity index (χ0v) is 12.7. The van der Waals surface area contributed by atoms with E-state index in [1.807, 2.05) is 17.5 Å². The van der Waals surface area contributed by atoms with Crippen molar-refractivity contribution in [2.75, 3.05) is 0 Å². The largest absolute Gasteiger partial charge is 0.361 e.